The van der Waals surface area contributed by atoms with Gasteiger partial charge in [-0.15, -0.1) is 0 Å². The van der Waals surface area contributed by atoms with E-state index in [9.17, 15) is 4.79 Å². The topological polar surface area (TPSA) is 73.6 Å². The highest BCUT2D eigenvalue weighted by atomic mass is 16.5. The van der Waals surface area contributed by atoms with Crippen LogP contribution in [0, 0.1) is 0 Å². The SMILES string of the molecule is COC(=O)c1occc1CNc1ccc(OC)nc1. The highest BCUT2D eigenvalue weighted by Crippen LogP contribution is 2.15. The number of aromatic nitrogens is 1. The Hall–Kier alpha value is -2.50. The summed E-state index contributed by atoms with van der Waals surface area (Å²) in [5.74, 6) is 0.259. The predicted octanol–water partition coefficient (Wildman–Crippen LogP) is 2.08. The van der Waals surface area contributed by atoms with Crippen LogP contribution in [-0.4, -0.2) is 25.2 Å². The van der Waals surface area contributed by atoms with Gasteiger partial charge in [-0.2, -0.15) is 0 Å². The summed E-state index contributed by atoms with van der Waals surface area (Å²) in [6, 6.07) is 5.30. The number of ether oxygens (including phenoxy) is 2. The van der Waals surface area contributed by atoms with Crippen LogP contribution in [0.1, 0.15) is 16.1 Å². The summed E-state index contributed by atoms with van der Waals surface area (Å²) in [6.45, 7) is 0.439. The average Bonchev–Trinajstić information content (AvgIpc) is 2.93. The highest BCUT2D eigenvalue weighted by molar-refractivity contribution is 5.87. The van der Waals surface area contributed by atoms with Crippen LogP contribution < -0.4 is 10.1 Å². The number of nitrogens with zero attached hydrogens (tertiary/aromatic N) is 1. The van der Waals surface area contributed by atoms with Crippen molar-refractivity contribution in [2.45, 2.75) is 6.54 Å². The van der Waals surface area contributed by atoms with E-state index >= 15 is 0 Å². The second-order valence-electron chi connectivity index (χ2n) is 3.71. The number of carbonyl (C=O) groups excluding carboxylic acids is 1. The van der Waals surface area contributed by atoms with Crippen LogP contribution in [0.3, 0.4) is 0 Å². The number of anilines is 1. The Balaban J connectivity index is 2.02. The molecule has 6 nitrogen and oxygen atoms in total. The second kappa shape index (κ2) is 5.90. The van der Waals surface area contributed by atoms with E-state index in [0.717, 1.165) is 11.3 Å². The van der Waals surface area contributed by atoms with Crippen LogP contribution in [0.2, 0.25) is 0 Å². The lowest BCUT2D eigenvalue weighted by atomic mass is 10.2. The molecule has 6 heteroatoms. The maximum Gasteiger partial charge on any atom is 0.374 e. The maximum atomic E-state index is 11.4. The number of furan rings is 1. The third-order valence-electron chi connectivity index (χ3n) is 2.55. The van der Waals surface area contributed by atoms with Gasteiger partial charge >= 0.3 is 5.97 Å². The molecule has 0 aromatic carbocycles. The van der Waals surface area contributed by atoms with E-state index in [1.165, 1.54) is 13.4 Å². The van der Waals surface area contributed by atoms with Gasteiger partial charge in [-0.3, -0.25) is 0 Å². The van der Waals surface area contributed by atoms with Crippen molar-refractivity contribution in [2.75, 3.05) is 19.5 Å². The third kappa shape index (κ3) is 3.04. The molecule has 19 heavy (non-hydrogen) atoms. The molecule has 0 bridgehead atoms. The monoisotopic (exact) mass is 262 g/mol. The third-order valence-corrected chi connectivity index (χ3v) is 2.55. The summed E-state index contributed by atoms with van der Waals surface area (Å²) in [6.07, 6.45) is 3.10. The standard InChI is InChI=1S/C13H14N2O4/c1-17-11-4-3-10(8-15-11)14-7-9-5-6-19-12(9)13(16)18-2/h3-6,8,14H,7H2,1-2H3. The quantitative estimate of drug-likeness (QED) is 0.832. The number of rotatable bonds is 5. The fourth-order valence-corrected chi connectivity index (χ4v) is 1.55. The van der Waals surface area contributed by atoms with Gasteiger partial charge in [-0.25, -0.2) is 9.78 Å². The van der Waals surface area contributed by atoms with Gasteiger partial charge in [0.15, 0.2) is 0 Å². The molecule has 0 saturated carbocycles. The molecule has 0 aliphatic rings. The summed E-state index contributed by atoms with van der Waals surface area (Å²) < 4.78 is 14.7. The van der Waals surface area contributed by atoms with Crippen molar-refractivity contribution in [3.8, 4) is 5.88 Å². The number of hydrogen-bond acceptors (Lipinski definition) is 6. The molecule has 0 unspecified atom stereocenters. The lowest BCUT2D eigenvalue weighted by molar-refractivity contribution is 0.0563. The van der Waals surface area contributed by atoms with Crippen molar-refractivity contribution >= 4 is 11.7 Å². The minimum Gasteiger partial charge on any atom is -0.481 e. The van der Waals surface area contributed by atoms with Crippen molar-refractivity contribution in [3.63, 3.8) is 0 Å². The fourth-order valence-electron chi connectivity index (χ4n) is 1.55. The van der Waals surface area contributed by atoms with E-state index < -0.39 is 5.97 Å². The molecule has 0 aliphatic carbocycles. The molecule has 2 aromatic heterocycles. The first-order chi connectivity index (χ1) is 9.24. The zero-order valence-electron chi connectivity index (χ0n) is 10.7. The Morgan fingerprint density at radius 1 is 1.37 bits per heavy atom. The maximum absolute atomic E-state index is 11.4. The van der Waals surface area contributed by atoms with E-state index in [2.05, 4.69) is 15.0 Å². The Bertz CT molecular complexity index is 548. The van der Waals surface area contributed by atoms with Crippen molar-refractivity contribution in [1.82, 2.24) is 4.98 Å². The highest BCUT2D eigenvalue weighted by Gasteiger charge is 2.15. The Morgan fingerprint density at radius 3 is 2.84 bits per heavy atom. The Labute approximate surface area is 110 Å². The van der Waals surface area contributed by atoms with Crippen molar-refractivity contribution < 1.29 is 18.7 Å². The molecule has 0 fully saturated rings. The van der Waals surface area contributed by atoms with Crippen LogP contribution in [0.4, 0.5) is 5.69 Å². The molecule has 0 aliphatic heterocycles. The molecule has 0 saturated heterocycles. The summed E-state index contributed by atoms with van der Waals surface area (Å²) in [5, 5.41) is 3.13. The first-order valence-electron chi connectivity index (χ1n) is 5.63. The van der Waals surface area contributed by atoms with Crippen LogP contribution >= 0.6 is 0 Å². The molecule has 0 spiro atoms. The first kappa shape index (κ1) is 12.9. The van der Waals surface area contributed by atoms with E-state index in [-0.39, 0.29) is 5.76 Å². The number of hydrogen-bond donors (Lipinski definition) is 1. The van der Waals surface area contributed by atoms with Gasteiger partial charge in [-0.05, 0) is 12.1 Å². The number of methoxy groups -OCH3 is 2. The molecular formula is C13H14N2O4. The van der Waals surface area contributed by atoms with Gasteiger partial charge in [0, 0.05) is 18.2 Å². The van der Waals surface area contributed by atoms with Gasteiger partial charge < -0.3 is 19.2 Å². The van der Waals surface area contributed by atoms with Gasteiger partial charge in [0.05, 0.1) is 32.4 Å². The number of esters is 1. The van der Waals surface area contributed by atoms with E-state index in [4.69, 9.17) is 9.15 Å². The van der Waals surface area contributed by atoms with Gasteiger partial charge in [0.2, 0.25) is 11.6 Å². The van der Waals surface area contributed by atoms with Gasteiger partial charge in [0.25, 0.3) is 0 Å². The second-order valence-corrected chi connectivity index (χ2v) is 3.71. The zero-order chi connectivity index (χ0) is 13.7. The number of carbonyl (C=O) groups is 1. The smallest absolute Gasteiger partial charge is 0.374 e. The average molecular weight is 262 g/mol. The predicted molar refractivity (Wildman–Crippen MR) is 68.2 cm³/mol. The first-order valence-corrected chi connectivity index (χ1v) is 5.63. The Kier molecular flexibility index (Phi) is 4.02. The molecular weight excluding hydrogens is 248 g/mol. The molecule has 0 radical (unpaired) electrons. The number of pyridine rings is 1. The normalized spacial score (nSPS) is 10.0. The summed E-state index contributed by atoms with van der Waals surface area (Å²) in [7, 11) is 2.87. The van der Waals surface area contributed by atoms with Gasteiger partial charge in [0.1, 0.15) is 0 Å². The largest absolute Gasteiger partial charge is 0.481 e. The molecule has 100 valence electrons. The van der Waals surface area contributed by atoms with Crippen LogP contribution in [0.25, 0.3) is 0 Å². The molecule has 1 N–H and O–H groups in total. The zero-order valence-corrected chi connectivity index (χ0v) is 10.7. The number of nitrogens with one attached hydrogen (secondary N) is 1. The molecule has 2 heterocycles. The van der Waals surface area contributed by atoms with E-state index in [1.54, 1.807) is 25.4 Å². The van der Waals surface area contributed by atoms with Gasteiger partial charge in [-0.1, -0.05) is 0 Å². The summed E-state index contributed by atoms with van der Waals surface area (Å²) in [4.78, 5) is 15.5. The van der Waals surface area contributed by atoms with Crippen molar-refractivity contribution in [3.05, 3.63) is 42.0 Å². The van der Waals surface area contributed by atoms with E-state index in [0.29, 0.717) is 12.4 Å². The minimum atomic E-state index is -0.491. The lowest BCUT2D eigenvalue weighted by Crippen LogP contribution is -2.06. The van der Waals surface area contributed by atoms with E-state index in [1.807, 2.05) is 6.07 Å². The molecule has 2 aromatic rings. The molecule has 0 amide bonds. The molecule has 2 rings (SSSR count). The minimum absolute atomic E-state index is 0.205. The van der Waals surface area contributed by atoms with Crippen LogP contribution in [0.5, 0.6) is 5.88 Å². The van der Waals surface area contributed by atoms with Crippen LogP contribution in [0.15, 0.2) is 35.1 Å². The van der Waals surface area contributed by atoms with Crippen LogP contribution in [-0.2, 0) is 11.3 Å². The molecule has 0 atom stereocenters. The fraction of sp³-hybridized carbons (Fsp3) is 0.231. The van der Waals surface area contributed by atoms with Crippen molar-refractivity contribution in [2.24, 2.45) is 0 Å². The summed E-state index contributed by atoms with van der Waals surface area (Å²) >= 11 is 0. The Morgan fingerprint density at radius 2 is 2.21 bits per heavy atom. The lowest BCUT2D eigenvalue weighted by Gasteiger charge is -2.06. The summed E-state index contributed by atoms with van der Waals surface area (Å²) in [5.41, 5.74) is 1.54. The van der Waals surface area contributed by atoms with Crippen molar-refractivity contribution in [1.29, 1.82) is 0 Å².